The van der Waals surface area contributed by atoms with E-state index in [9.17, 15) is 8.78 Å². The Kier molecular flexibility index (Phi) is 4.57. The molecule has 0 aromatic heterocycles. The van der Waals surface area contributed by atoms with Gasteiger partial charge in [-0.3, -0.25) is 0 Å². The van der Waals surface area contributed by atoms with E-state index in [2.05, 4.69) is 5.32 Å². The summed E-state index contributed by atoms with van der Waals surface area (Å²) < 4.78 is 26.4. The highest BCUT2D eigenvalue weighted by atomic mass is 35.5. The molecule has 0 unspecified atom stereocenters. The van der Waals surface area contributed by atoms with E-state index in [1.54, 1.807) is 12.1 Å². The van der Waals surface area contributed by atoms with Crippen LogP contribution >= 0.6 is 11.6 Å². The highest BCUT2D eigenvalue weighted by Gasteiger charge is 2.10. The maximum atomic E-state index is 13.2. The predicted molar refractivity (Wildman–Crippen MR) is 74.7 cm³/mol. The van der Waals surface area contributed by atoms with Gasteiger partial charge in [0.1, 0.15) is 0 Å². The van der Waals surface area contributed by atoms with Crippen LogP contribution in [0.4, 0.5) is 8.78 Å². The summed E-state index contributed by atoms with van der Waals surface area (Å²) in [7, 11) is 0. The fraction of sp³-hybridized carbons (Fsp3) is 0.200. The van der Waals surface area contributed by atoms with E-state index in [0.717, 1.165) is 17.7 Å². The van der Waals surface area contributed by atoms with Crippen LogP contribution in [-0.2, 0) is 6.54 Å². The van der Waals surface area contributed by atoms with Crippen LogP contribution in [0, 0.1) is 11.6 Å². The monoisotopic (exact) mass is 297 g/mol. The molecule has 0 saturated heterocycles. The van der Waals surface area contributed by atoms with Crippen molar-refractivity contribution in [1.29, 1.82) is 0 Å². The first-order chi connectivity index (χ1) is 9.47. The van der Waals surface area contributed by atoms with E-state index in [-0.39, 0.29) is 12.6 Å². The molecule has 0 aliphatic carbocycles. The first-order valence-corrected chi connectivity index (χ1v) is 6.51. The highest BCUT2D eigenvalue weighted by Crippen LogP contribution is 2.22. The van der Waals surface area contributed by atoms with Crippen LogP contribution < -0.4 is 5.32 Å². The Morgan fingerprint density at radius 3 is 2.25 bits per heavy atom. The summed E-state index contributed by atoms with van der Waals surface area (Å²) >= 11 is 5.81. The van der Waals surface area contributed by atoms with Gasteiger partial charge in [0.15, 0.2) is 17.4 Å². The Morgan fingerprint density at radius 1 is 1.15 bits per heavy atom. The minimum Gasteiger partial charge on any atom is -0.503 e. The Hall–Kier alpha value is -1.65. The second-order valence-electron chi connectivity index (χ2n) is 4.56. The van der Waals surface area contributed by atoms with Crippen LogP contribution in [0.1, 0.15) is 24.1 Å². The van der Waals surface area contributed by atoms with Crippen LogP contribution in [0.3, 0.4) is 0 Å². The molecule has 0 bridgehead atoms. The van der Waals surface area contributed by atoms with Crippen molar-refractivity contribution in [3.05, 3.63) is 64.2 Å². The van der Waals surface area contributed by atoms with E-state index in [1.807, 2.05) is 19.1 Å². The summed E-state index contributed by atoms with van der Waals surface area (Å²) in [5, 5.41) is 12.8. The third-order valence-electron chi connectivity index (χ3n) is 3.06. The van der Waals surface area contributed by atoms with Gasteiger partial charge in [-0.2, -0.15) is 0 Å². The van der Waals surface area contributed by atoms with Crippen LogP contribution in [0.25, 0.3) is 0 Å². The van der Waals surface area contributed by atoms with Gasteiger partial charge in [0.25, 0.3) is 0 Å². The lowest BCUT2D eigenvalue weighted by Crippen LogP contribution is -2.18. The Morgan fingerprint density at radius 2 is 1.70 bits per heavy atom. The quantitative estimate of drug-likeness (QED) is 0.887. The number of phenolic OH excluding ortho intramolecular Hbond substituents is 1. The van der Waals surface area contributed by atoms with Crippen molar-refractivity contribution in [2.24, 2.45) is 0 Å². The van der Waals surface area contributed by atoms with Gasteiger partial charge >= 0.3 is 0 Å². The molecule has 0 saturated carbocycles. The summed E-state index contributed by atoms with van der Waals surface area (Å²) in [6.07, 6.45) is 0. The molecule has 0 aliphatic heterocycles. The lowest BCUT2D eigenvalue weighted by Gasteiger charge is -2.14. The molecule has 0 amide bonds. The lowest BCUT2D eigenvalue weighted by molar-refractivity contribution is 0.394. The Labute approximate surface area is 121 Å². The third kappa shape index (κ3) is 3.46. The average molecular weight is 298 g/mol. The zero-order valence-corrected chi connectivity index (χ0v) is 11.6. The van der Waals surface area contributed by atoms with Crippen LogP contribution in [-0.4, -0.2) is 5.11 Å². The minimum atomic E-state index is -0.957. The number of aromatic hydroxyl groups is 1. The van der Waals surface area contributed by atoms with E-state index in [0.29, 0.717) is 10.6 Å². The van der Waals surface area contributed by atoms with Crippen LogP contribution in [0.2, 0.25) is 5.02 Å². The Bertz CT molecular complexity index is 578. The Balaban J connectivity index is 2.03. The van der Waals surface area contributed by atoms with Crippen molar-refractivity contribution in [2.75, 3.05) is 0 Å². The molecule has 2 nitrogen and oxygen atoms in total. The fourth-order valence-electron chi connectivity index (χ4n) is 1.86. The zero-order valence-electron chi connectivity index (χ0n) is 10.8. The van der Waals surface area contributed by atoms with Gasteiger partial charge in [-0.25, -0.2) is 8.78 Å². The van der Waals surface area contributed by atoms with Crippen molar-refractivity contribution in [1.82, 2.24) is 5.32 Å². The third-order valence-corrected chi connectivity index (χ3v) is 3.31. The summed E-state index contributed by atoms with van der Waals surface area (Å²) in [4.78, 5) is 0. The number of nitrogens with one attached hydrogen (secondary N) is 1. The molecule has 2 aromatic rings. The number of hydrogen-bond acceptors (Lipinski definition) is 2. The maximum Gasteiger partial charge on any atom is 0.187 e. The second kappa shape index (κ2) is 6.20. The van der Waals surface area contributed by atoms with Gasteiger partial charge in [0.05, 0.1) is 0 Å². The average Bonchev–Trinajstić information content (AvgIpc) is 2.42. The number of halogens is 3. The van der Waals surface area contributed by atoms with Crippen molar-refractivity contribution < 1.29 is 13.9 Å². The van der Waals surface area contributed by atoms with E-state index < -0.39 is 17.4 Å². The SMILES string of the molecule is C[C@@H](NCc1cc(F)c(O)c(F)c1)c1ccc(Cl)cc1. The molecule has 2 rings (SSSR count). The summed E-state index contributed by atoms with van der Waals surface area (Å²) in [6.45, 7) is 2.23. The van der Waals surface area contributed by atoms with Crippen molar-refractivity contribution in [3.8, 4) is 5.75 Å². The van der Waals surface area contributed by atoms with Gasteiger partial charge in [0.2, 0.25) is 0 Å². The lowest BCUT2D eigenvalue weighted by atomic mass is 10.1. The second-order valence-corrected chi connectivity index (χ2v) is 5.00. The smallest absolute Gasteiger partial charge is 0.187 e. The van der Waals surface area contributed by atoms with E-state index in [4.69, 9.17) is 16.7 Å². The van der Waals surface area contributed by atoms with Crippen molar-refractivity contribution in [2.45, 2.75) is 19.5 Å². The van der Waals surface area contributed by atoms with Crippen molar-refractivity contribution >= 4 is 11.6 Å². The molecule has 0 radical (unpaired) electrons. The molecule has 2 aromatic carbocycles. The topological polar surface area (TPSA) is 32.3 Å². The number of benzene rings is 2. The minimum absolute atomic E-state index is 0.00666. The van der Waals surface area contributed by atoms with Gasteiger partial charge < -0.3 is 10.4 Å². The standard InChI is InChI=1S/C15H14ClF2NO/c1-9(11-2-4-12(16)5-3-11)19-8-10-6-13(17)15(20)14(18)7-10/h2-7,9,19-20H,8H2,1H3/t9-/m1/s1. The number of rotatable bonds is 4. The van der Waals surface area contributed by atoms with Gasteiger partial charge in [-0.05, 0) is 42.3 Å². The molecule has 0 aliphatic rings. The molecule has 0 heterocycles. The molecule has 1 atom stereocenters. The molecule has 106 valence electrons. The summed E-state index contributed by atoms with van der Waals surface area (Å²) in [5.74, 6) is -2.86. The molecule has 0 spiro atoms. The maximum absolute atomic E-state index is 13.2. The molecule has 0 fully saturated rings. The molecule has 20 heavy (non-hydrogen) atoms. The van der Waals surface area contributed by atoms with E-state index >= 15 is 0 Å². The normalized spacial score (nSPS) is 12.4. The van der Waals surface area contributed by atoms with Crippen LogP contribution in [0.15, 0.2) is 36.4 Å². The highest BCUT2D eigenvalue weighted by molar-refractivity contribution is 6.30. The summed E-state index contributed by atoms with van der Waals surface area (Å²) in [6, 6.07) is 9.58. The summed E-state index contributed by atoms with van der Waals surface area (Å²) in [5.41, 5.74) is 1.45. The van der Waals surface area contributed by atoms with E-state index in [1.165, 1.54) is 0 Å². The first-order valence-electron chi connectivity index (χ1n) is 6.13. The van der Waals surface area contributed by atoms with Crippen molar-refractivity contribution in [3.63, 3.8) is 0 Å². The zero-order chi connectivity index (χ0) is 14.7. The molecular formula is C15H14ClF2NO. The number of phenols is 1. The molecular weight excluding hydrogens is 284 g/mol. The largest absolute Gasteiger partial charge is 0.503 e. The predicted octanol–water partition coefficient (Wildman–Crippen LogP) is 4.17. The van der Waals surface area contributed by atoms with Crippen LogP contribution in [0.5, 0.6) is 5.75 Å². The van der Waals surface area contributed by atoms with Gasteiger partial charge in [-0.15, -0.1) is 0 Å². The molecule has 2 N–H and O–H groups in total. The van der Waals surface area contributed by atoms with Gasteiger partial charge in [0, 0.05) is 17.6 Å². The fourth-order valence-corrected chi connectivity index (χ4v) is 1.99. The van der Waals surface area contributed by atoms with Gasteiger partial charge in [-0.1, -0.05) is 23.7 Å². The number of hydrogen-bond donors (Lipinski definition) is 2. The first kappa shape index (κ1) is 14.8. The molecule has 5 heteroatoms.